The van der Waals surface area contributed by atoms with Crippen molar-refractivity contribution < 1.29 is 19.0 Å². The smallest absolute Gasteiger partial charge is 0.389 e. The molecule has 4 aliphatic rings. The van der Waals surface area contributed by atoms with Crippen LogP contribution in [0.5, 0.6) is 0 Å². The van der Waals surface area contributed by atoms with Gasteiger partial charge in [-0.1, -0.05) is 25.7 Å². The summed E-state index contributed by atoms with van der Waals surface area (Å²) in [4.78, 5) is 11.6. The fourth-order valence-corrected chi connectivity index (χ4v) is 3.50. The molecule has 6 heteroatoms. The van der Waals surface area contributed by atoms with Crippen LogP contribution >= 0.6 is 0 Å². The summed E-state index contributed by atoms with van der Waals surface area (Å²) < 4.78 is 11.8. The first kappa shape index (κ1) is 11.7. The van der Waals surface area contributed by atoms with E-state index in [-0.39, 0.29) is 24.4 Å². The van der Waals surface area contributed by atoms with Gasteiger partial charge in [0.05, 0.1) is 12.2 Å². The molecule has 2 saturated carbocycles. The summed E-state index contributed by atoms with van der Waals surface area (Å²) in [7, 11) is -0.455. The van der Waals surface area contributed by atoms with Crippen molar-refractivity contribution in [3.63, 3.8) is 0 Å². The molecule has 0 bridgehead atoms. The highest BCUT2D eigenvalue weighted by molar-refractivity contribution is 6.40. The maximum Gasteiger partial charge on any atom is 0.609 e. The maximum atomic E-state index is 5.91. The molecule has 2 aliphatic heterocycles. The van der Waals surface area contributed by atoms with E-state index in [9.17, 15) is 0 Å². The van der Waals surface area contributed by atoms with Crippen LogP contribution in [0.2, 0.25) is 0 Å². The second-order valence-electron chi connectivity index (χ2n) is 5.80. The Bertz CT molecular complexity index is 260. The summed E-state index contributed by atoms with van der Waals surface area (Å²) in [6, 6.07) is 0. The van der Waals surface area contributed by atoms with E-state index in [1.165, 1.54) is 30.8 Å². The van der Waals surface area contributed by atoms with Gasteiger partial charge in [-0.3, -0.25) is 9.68 Å². The first-order valence-electron chi connectivity index (χ1n) is 7.34. The van der Waals surface area contributed by atoms with Crippen LogP contribution in [0.25, 0.3) is 0 Å². The lowest BCUT2D eigenvalue weighted by molar-refractivity contribution is -0.265. The lowest BCUT2D eigenvalue weighted by Gasteiger charge is -2.22. The van der Waals surface area contributed by atoms with Crippen molar-refractivity contribution >= 4 is 7.25 Å². The Balaban J connectivity index is 1.40. The van der Waals surface area contributed by atoms with E-state index in [1.807, 2.05) is 0 Å². The van der Waals surface area contributed by atoms with Gasteiger partial charge in [-0.15, -0.1) is 0 Å². The largest absolute Gasteiger partial charge is 0.609 e. The molecule has 4 atom stereocenters. The maximum absolute atomic E-state index is 5.91. The minimum Gasteiger partial charge on any atom is -0.389 e. The predicted octanol–water partition coefficient (Wildman–Crippen LogP) is 1.82. The van der Waals surface area contributed by atoms with Crippen molar-refractivity contribution in [3.05, 3.63) is 0 Å². The van der Waals surface area contributed by atoms with E-state index in [0.717, 1.165) is 25.7 Å². The lowest BCUT2D eigenvalue weighted by atomic mass is 9.95. The van der Waals surface area contributed by atoms with Crippen LogP contribution in [-0.2, 0) is 19.0 Å². The first-order chi connectivity index (χ1) is 8.90. The normalized spacial score (nSPS) is 45.0. The summed E-state index contributed by atoms with van der Waals surface area (Å²) in [6.07, 6.45) is 10.2. The number of fused-ring (bicyclic) bond motifs is 2. The fourth-order valence-electron chi connectivity index (χ4n) is 3.50. The number of hydrogen-bond donors (Lipinski definition) is 0. The molecule has 0 spiro atoms. The zero-order chi connectivity index (χ0) is 11.9. The molecule has 2 aliphatic carbocycles. The van der Waals surface area contributed by atoms with Gasteiger partial charge in [0.1, 0.15) is 12.2 Å². The summed E-state index contributed by atoms with van der Waals surface area (Å²) >= 11 is 0. The Morgan fingerprint density at radius 3 is 1.61 bits per heavy atom. The van der Waals surface area contributed by atoms with Crippen LogP contribution in [0.1, 0.15) is 51.4 Å². The molecule has 100 valence electrons. The van der Waals surface area contributed by atoms with Crippen LogP contribution in [0.15, 0.2) is 0 Å². The molecule has 0 aromatic rings. The average molecular weight is 253 g/mol. The number of rotatable bonds is 1. The molecule has 0 aromatic carbocycles. The Labute approximate surface area is 108 Å². The molecule has 0 aromatic heterocycles. The lowest BCUT2D eigenvalue weighted by Crippen LogP contribution is -2.38. The van der Waals surface area contributed by atoms with Crippen molar-refractivity contribution in [1.82, 2.24) is 5.14 Å². The van der Waals surface area contributed by atoms with E-state index in [4.69, 9.17) is 19.0 Å². The molecule has 5 nitrogen and oxygen atoms in total. The number of hydrogen-bond acceptors (Lipinski definition) is 5. The zero-order valence-electron chi connectivity index (χ0n) is 10.6. The third-order valence-electron chi connectivity index (χ3n) is 4.52. The van der Waals surface area contributed by atoms with Gasteiger partial charge in [-0.25, -0.2) is 0 Å². The highest BCUT2D eigenvalue weighted by Crippen LogP contribution is 2.36. The summed E-state index contributed by atoms with van der Waals surface area (Å²) in [6.45, 7) is 0. The third-order valence-corrected chi connectivity index (χ3v) is 4.52. The van der Waals surface area contributed by atoms with E-state index < -0.39 is 7.25 Å². The average Bonchev–Trinajstić information content (AvgIpc) is 3.02. The highest BCUT2D eigenvalue weighted by atomic mass is 17.0. The zero-order valence-corrected chi connectivity index (χ0v) is 10.6. The van der Waals surface area contributed by atoms with E-state index in [1.54, 1.807) is 0 Å². The SMILES string of the molecule is C1CCC2OB(N3OC4CCCC[C@H]4O3)OC2C1. The standard InChI is InChI=1S/C12H20BNO4/c1-2-6-10-9(5-1)15-13(16-10)14-17-11-7-3-4-8-12(11)18-14/h9-12H,1-8H2/t9?,10?,11-,12?/m1/s1. The molecule has 3 unspecified atom stereocenters. The van der Waals surface area contributed by atoms with Gasteiger partial charge in [-0.05, 0) is 30.8 Å². The molecule has 0 radical (unpaired) electrons. The van der Waals surface area contributed by atoms with Crippen molar-refractivity contribution in [2.24, 2.45) is 0 Å². The summed E-state index contributed by atoms with van der Waals surface area (Å²) in [5.41, 5.74) is 0. The van der Waals surface area contributed by atoms with Crippen molar-refractivity contribution in [2.75, 3.05) is 0 Å². The van der Waals surface area contributed by atoms with Gasteiger partial charge in [0.25, 0.3) is 0 Å². The summed E-state index contributed by atoms with van der Waals surface area (Å²) in [5, 5.41) is 1.49. The van der Waals surface area contributed by atoms with Crippen LogP contribution in [0.3, 0.4) is 0 Å². The van der Waals surface area contributed by atoms with Gasteiger partial charge in [0.2, 0.25) is 0 Å². The molecule has 0 N–H and O–H groups in total. The van der Waals surface area contributed by atoms with Gasteiger partial charge in [-0.2, -0.15) is 0 Å². The fraction of sp³-hybridized carbons (Fsp3) is 1.00. The Morgan fingerprint density at radius 2 is 1.11 bits per heavy atom. The topological polar surface area (TPSA) is 40.2 Å². The molecular weight excluding hydrogens is 233 g/mol. The monoisotopic (exact) mass is 253 g/mol. The van der Waals surface area contributed by atoms with Crippen molar-refractivity contribution in [1.29, 1.82) is 0 Å². The highest BCUT2D eigenvalue weighted by Gasteiger charge is 2.51. The van der Waals surface area contributed by atoms with Crippen LogP contribution in [-0.4, -0.2) is 36.8 Å². The second-order valence-corrected chi connectivity index (χ2v) is 5.80. The molecule has 4 fully saturated rings. The minimum absolute atomic E-state index is 0.202. The van der Waals surface area contributed by atoms with E-state index >= 15 is 0 Å². The number of nitrogens with zero attached hydrogens (tertiary/aromatic N) is 1. The molecule has 0 amide bonds. The van der Waals surface area contributed by atoms with Crippen LogP contribution in [0, 0.1) is 0 Å². The van der Waals surface area contributed by atoms with Gasteiger partial charge in [0, 0.05) is 0 Å². The third kappa shape index (κ3) is 2.00. The predicted molar refractivity (Wildman–Crippen MR) is 64.0 cm³/mol. The quantitative estimate of drug-likeness (QED) is 0.666. The Hall–Kier alpha value is -0.135. The van der Waals surface area contributed by atoms with E-state index in [2.05, 4.69) is 0 Å². The van der Waals surface area contributed by atoms with Crippen molar-refractivity contribution in [3.8, 4) is 0 Å². The van der Waals surface area contributed by atoms with E-state index in [0.29, 0.717) is 0 Å². The minimum atomic E-state index is -0.455. The Morgan fingerprint density at radius 1 is 0.667 bits per heavy atom. The molecule has 2 saturated heterocycles. The first-order valence-corrected chi connectivity index (χ1v) is 7.34. The summed E-state index contributed by atoms with van der Waals surface area (Å²) in [5.74, 6) is 0. The Kier molecular flexibility index (Phi) is 3.09. The van der Waals surface area contributed by atoms with Gasteiger partial charge < -0.3 is 9.31 Å². The molecule has 18 heavy (non-hydrogen) atoms. The van der Waals surface area contributed by atoms with Crippen molar-refractivity contribution in [2.45, 2.75) is 75.8 Å². The van der Waals surface area contributed by atoms with Gasteiger partial charge >= 0.3 is 7.25 Å². The van der Waals surface area contributed by atoms with Gasteiger partial charge in [0.15, 0.2) is 0 Å². The molecule has 4 rings (SSSR count). The van der Waals surface area contributed by atoms with Crippen LogP contribution < -0.4 is 0 Å². The molecule has 2 heterocycles. The van der Waals surface area contributed by atoms with Crippen LogP contribution in [0.4, 0.5) is 0 Å². The molecular formula is C12H20BNO4. The second kappa shape index (κ2) is 4.76.